The van der Waals surface area contributed by atoms with Crippen molar-refractivity contribution in [1.82, 2.24) is 5.32 Å². The second kappa shape index (κ2) is 11.9. The molecule has 0 saturated carbocycles. The first kappa shape index (κ1) is 16.5. The van der Waals surface area contributed by atoms with Crippen LogP contribution in [0, 0.1) is 5.92 Å². The third-order valence-corrected chi connectivity index (χ3v) is 3.35. The number of nitrogens with one attached hydrogen (secondary N) is 1. The molecule has 0 aliphatic heterocycles. The molecule has 0 aromatic carbocycles. The van der Waals surface area contributed by atoms with Crippen LogP contribution in [-0.2, 0) is 4.79 Å². The molecular weight excluding hydrogens is 210 g/mol. The molecule has 0 aliphatic rings. The van der Waals surface area contributed by atoms with Crippen LogP contribution in [-0.4, -0.2) is 12.5 Å². The van der Waals surface area contributed by atoms with Crippen molar-refractivity contribution in [1.29, 1.82) is 0 Å². The standard InChI is InChI=1S/C15H31NO/c1-4-7-9-10-11-12-14(6-3)15(17)16-13-8-5-2/h14H,4-13H2,1-3H3,(H,16,17). The summed E-state index contributed by atoms with van der Waals surface area (Å²) in [4.78, 5) is 11.9. The van der Waals surface area contributed by atoms with Crippen LogP contribution in [0.1, 0.15) is 78.6 Å². The zero-order valence-electron chi connectivity index (χ0n) is 12.1. The highest BCUT2D eigenvalue weighted by molar-refractivity contribution is 5.78. The van der Waals surface area contributed by atoms with Gasteiger partial charge in [-0.3, -0.25) is 4.79 Å². The number of rotatable bonds is 11. The minimum Gasteiger partial charge on any atom is -0.356 e. The molecule has 0 saturated heterocycles. The van der Waals surface area contributed by atoms with Gasteiger partial charge in [0.05, 0.1) is 0 Å². The van der Waals surface area contributed by atoms with Crippen molar-refractivity contribution in [2.75, 3.05) is 6.54 Å². The van der Waals surface area contributed by atoms with Gasteiger partial charge in [0.25, 0.3) is 0 Å². The van der Waals surface area contributed by atoms with E-state index in [1.54, 1.807) is 0 Å². The summed E-state index contributed by atoms with van der Waals surface area (Å²) in [6.45, 7) is 7.35. The molecule has 2 nitrogen and oxygen atoms in total. The average molecular weight is 241 g/mol. The Morgan fingerprint density at radius 1 is 0.941 bits per heavy atom. The zero-order valence-corrected chi connectivity index (χ0v) is 12.1. The van der Waals surface area contributed by atoms with Gasteiger partial charge in [0.2, 0.25) is 5.91 Å². The van der Waals surface area contributed by atoms with Gasteiger partial charge in [0.1, 0.15) is 0 Å². The summed E-state index contributed by atoms with van der Waals surface area (Å²) in [6.07, 6.45) is 10.7. The quantitative estimate of drug-likeness (QED) is 0.537. The van der Waals surface area contributed by atoms with E-state index in [9.17, 15) is 4.79 Å². The molecule has 0 bridgehead atoms. The molecule has 1 unspecified atom stereocenters. The van der Waals surface area contributed by atoms with Crippen molar-refractivity contribution in [2.45, 2.75) is 78.6 Å². The molecule has 0 aliphatic carbocycles. The van der Waals surface area contributed by atoms with E-state index >= 15 is 0 Å². The van der Waals surface area contributed by atoms with E-state index in [0.717, 1.165) is 32.2 Å². The Hall–Kier alpha value is -0.530. The van der Waals surface area contributed by atoms with E-state index in [2.05, 4.69) is 26.1 Å². The van der Waals surface area contributed by atoms with Gasteiger partial charge in [0, 0.05) is 12.5 Å². The van der Waals surface area contributed by atoms with Crippen molar-refractivity contribution >= 4 is 5.91 Å². The summed E-state index contributed by atoms with van der Waals surface area (Å²) in [6, 6.07) is 0. The van der Waals surface area contributed by atoms with Crippen molar-refractivity contribution in [2.24, 2.45) is 5.92 Å². The molecule has 0 aromatic rings. The molecule has 1 N–H and O–H groups in total. The number of amides is 1. The summed E-state index contributed by atoms with van der Waals surface area (Å²) >= 11 is 0. The van der Waals surface area contributed by atoms with Gasteiger partial charge in [-0.1, -0.05) is 59.3 Å². The van der Waals surface area contributed by atoms with Gasteiger partial charge in [-0.2, -0.15) is 0 Å². The fraction of sp³-hybridized carbons (Fsp3) is 0.933. The smallest absolute Gasteiger partial charge is 0.223 e. The number of hydrogen-bond acceptors (Lipinski definition) is 1. The number of unbranched alkanes of at least 4 members (excludes halogenated alkanes) is 5. The van der Waals surface area contributed by atoms with Crippen LogP contribution in [0.15, 0.2) is 0 Å². The lowest BCUT2D eigenvalue weighted by Gasteiger charge is -2.14. The van der Waals surface area contributed by atoms with E-state index in [0.29, 0.717) is 0 Å². The van der Waals surface area contributed by atoms with Gasteiger partial charge in [0.15, 0.2) is 0 Å². The van der Waals surface area contributed by atoms with Crippen molar-refractivity contribution in [3.63, 3.8) is 0 Å². The van der Waals surface area contributed by atoms with E-state index in [1.165, 1.54) is 32.1 Å². The second-order valence-electron chi connectivity index (χ2n) is 4.95. The molecule has 0 fully saturated rings. The molecule has 0 aromatic heterocycles. The molecule has 0 spiro atoms. The first-order chi connectivity index (χ1) is 8.26. The van der Waals surface area contributed by atoms with E-state index < -0.39 is 0 Å². The largest absolute Gasteiger partial charge is 0.356 e. The first-order valence-electron chi connectivity index (χ1n) is 7.53. The van der Waals surface area contributed by atoms with Crippen LogP contribution < -0.4 is 5.32 Å². The molecule has 102 valence electrons. The van der Waals surface area contributed by atoms with Gasteiger partial charge >= 0.3 is 0 Å². The van der Waals surface area contributed by atoms with E-state index in [1.807, 2.05) is 0 Å². The molecule has 17 heavy (non-hydrogen) atoms. The highest BCUT2D eigenvalue weighted by Gasteiger charge is 2.14. The number of hydrogen-bond donors (Lipinski definition) is 1. The summed E-state index contributed by atoms with van der Waals surface area (Å²) in [7, 11) is 0. The van der Waals surface area contributed by atoms with Gasteiger partial charge < -0.3 is 5.32 Å². The molecule has 1 atom stereocenters. The minimum absolute atomic E-state index is 0.244. The fourth-order valence-corrected chi connectivity index (χ4v) is 2.05. The lowest BCUT2D eigenvalue weighted by Crippen LogP contribution is -2.31. The average Bonchev–Trinajstić information content (AvgIpc) is 2.34. The molecule has 2 heteroatoms. The summed E-state index contributed by atoms with van der Waals surface area (Å²) in [5.41, 5.74) is 0. The maximum absolute atomic E-state index is 11.9. The third kappa shape index (κ3) is 9.20. The summed E-state index contributed by atoms with van der Waals surface area (Å²) in [5, 5.41) is 3.05. The Bertz CT molecular complexity index is 180. The van der Waals surface area contributed by atoms with Crippen LogP contribution in [0.25, 0.3) is 0 Å². The van der Waals surface area contributed by atoms with Crippen LogP contribution >= 0.6 is 0 Å². The van der Waals surface area contributed by atoms with Crippen molar-refractivity contribution in [3.05, 3.63) is 0 Å². The van der Waals surface area contributed by atoms with Crippen LogP contribution in [0.3, 0.4) is 0 Å². The minimum atomic E-state index is 0.244. The SMILES string of the molecule is CCCCCCCC(CC)C(=O)NCCCC. The van der Waals surface area contributed by atoms with E-state index in [-0.39, 0.29) is 11.8 Å². The van der Waals surface area contributed by atoms with Crippen LogP contribution in [0.2, 0.25) is 0 Å². The van der Waals surface area contributed by atoms with Crippen LogP contribution in [0.4, 0.5) is 0 Å². The number of carbonyl (C=O) groups excluding carboxylic acids is 1. The number of carbonyl (C=O) groups is 1. The molecular formula is C15H31NO. The third-order valence-electron chi connectivity index (χ3n) is 3.35. The lowest BCUT2D eigenvalue weighted by atomic mass is 9.97. The second-order valence-corrected chi connectivity index (χ2v) is 4.95. The van der Waals surface area contributed by atoms with Crippen molar-refractivity contribution < 1.29 is 4.79 Å². The maximum Gasteiger partial charge on any atom is 0.223 e. The Balaban J connectivity index is 3.62. The van der Waals surface area contributed by atoms with Gasteiger partial charge in [-0.05, 0) is 19.3 Å². The van der Waals surface area contributed by atoms with Crippen molar-refractivity contribution in [3.8, 4) is 0 Å². The zero-order chi connectivity index (χ0) is 12.9. The van der Waals surface area contributed by atoms with Gasteiger partial charge in [-0.25, -0.2) is 0 Å². The molecule has 0 heterocycles. The summed E-state index contributed by atoms with van der Waals surface area (Å²) in [5.74, 6) is 0.518. The normalized spacial score (nSPS) is 12.4. The lowest BCUT2D eigenvalue weighted by molar-refractivity contribution is -0.125. The van der Waals surface area contributed by atoms with Crippen LogP contribution in [0.5, 0.6) is 0 Å². The molecule has 0 radical (unpaired) electrons. The highest BCUT2D eigenvalue weighted by atomic mass is 16.1. The Morgan fingerprint density at radius 3 is 2.18 bits per heavy atom. The predicted octanol–water partition coefficient (Wildman–Crippen LogP) is 4.29. The summed E-state index contributed by atoms with van der Waals surface area (Å²) < 4.78 is 0. The molecule has 1 amide bonds. The fourth-order valence-electron chi connectivity index (χ4n) is 2.05. The monoisotopic (exact) mass is 241 g/mol. The Labute approximate surface area is 108 Å². The first-order valence-corrected chi connectivity index (χ1v) is 7.53. The predicted molar refractivity (Wildman–Crippen MR) is 75.1 cm³/mol. The Morgan fingerprint density at radius 2 is 1.59 bits per heavy atom. The topological polar surface area (TPSA) is 29.1 Å². The van der Waals surface area contributed by atoms with Gasteiger partial charge in [-0.15, -0.1) is 0 Å². The highest BCUT2D eigenvalue weighted by Crippen LogP contribution is 2.14. The molecule has 0 rings (SSSR count). The van der Waals surface area contributed by atoms with E-state index in [4.69, 9.17) is 0 Å². The maximum atomic E-state index is 11.9. The Kier molecular flexibility index (Phi) is 11.6.